The molecular weight excluding hydrogens is 324 g/mol. The van der Waals surface area contributed by atoms with Gasteiger partial charge < -0.3 is 15.4 Å². The van der Waals surface area contributed by atoms with E-state index in [1.165, 1.54) is 11.3 Å². The molecule has 1 heterocycles. The molecule has 2 rings (SSSR count). The van der Waals surface area contributed by atoms with Crippen molar-refractivity contribution in [3.63, 3.8) is 0 Å². The van der Waals surface area contributed by atoms with Crippen LogP contribution in [0.2, 0.25) is 0 Å². The Morgan fingerprint density at radius 3 is 2.42 bits per heavy atom. The molecule has 0 fully saturated rings. The number of rotatable bonds is 7. The summed E-state index contributed by atoms with van der Waals surface area (Å²) < 4.78 is 5.16. The average Bonchev–Trinajstić information content (AvgIpc) is 3.12. The van der Waals surface area contributed by atoms with Crippen LogP contribution in [-0.2, 0) is 4.79 Å². The van der Waals surface area contributed by atoms with Crippen LogP contribution in [0.1, 0.15) is 35.8 Å². The second-order valence-corrected chi connectivity index (χ2v) is 6.54. The van der Waals surface area contributed by atoms with Gasteiger partial charge in [-0.15, -0.1) is 0 Å². The zero-order chi connectivity index (χ0) is 17.5. The summed E-state index contributed by atoms with van der Waals surface area (Å²) in [5, 5.41) is 9.19. The molecule has 2 N–H and O–H groups in total. The average molecular weight is 346 g/mol. The first-order valence-corrected chi connectivity index (χ1v) is 8.69. The number of benzene rings is 1. The minimum Gasteiger partial charge on any atom is -0.497 e. The summed E-state index contributed by atoms with van der Waals surface area (Å²) in [6.07, 6.45) is 0. The monoisotopic (exact) mass is 346 g/mol. The summed E-state index contributed by atoms with van der Waals surface area (Å²) in [6, 6.07) is 9.22. The smallest absolute Gasteiger partial charge is 0.252 e. The van der Waals surface area contributed by atoms with E-state index in [1.54, 1.807) is 18.6 Å². The van der Waals surface area contributed by atoms with Crippen molar-refractivity contribution in [2.75, 3.05) is 13.7 Å². The summed E-state index contributed by atoms with van der Waals surface area (Å²) in [7, 11) is 1.62. The minimum absolute atomic E-state index is 0.0476. The molecular formula is C18H22N2O3S. The molecule has 1 aromatic heterocycles. The number of methoxy groups -OCH3 is 1. The maximum Gasteiger partial charge on any atom is 0.252 e. The SMILES string of the molecule is COc1ccc([C@@H](NC(=O)CNC(=O)c2ccsc2)C(C)C)cc1. The molecule has 0 radical (unpaired) electrons. The van der Waals surface area contributed by atoms with Crippen LogP contribution in [0.3, 0.4) is 0 Å². The first-order valence-electron chi connectivity index (χ1n) is 7.75. The molecule has 0 unspecified atom stereocenters. The number of nitrogens with one attached hydrogen (secondary N) is 2. The van der Waals surface area contributed by atoms with Crippen LogP contribution < -0.4 is 15.4 Å². The Kier molecular flexibility index (Phi) is 6.37. The number of carbonyl (C=O) groups excluding carboxylic acids is 2. The van der Waals surface area contributed by atoms with E-state index in [0.29, 0.717) is 5.56 Å². The number of thiophene rings is 1. The molecule has 2 amide bonds. The van der Waals surface area contributed by atoms with Gasteiger partial charge in [-0.2, -0.15) is 11.3 Å². The predicted octanol–water partition coefficient (Wildman–Crippen LogP) is 3.00. The number of ether oxygens (including phenoxy) is 1. The molecule has 0 spiro atoms. The molecule has 5 nitrogen and oxygen atoms in total. The minimum atomic E-state index is -0.239. The molecule has 0 saturated heterocycles. The standard InChI is InChI=1S/C18H22N2O3S/c1-12(2)17(13-4-6-15(23-3)7-5-13)20-16(21)10-19-18(22)14-8-9-24-11-14/h4-9,11-12,17H,10H2,1-3H3,(H,19,22)(H,20,21)/t17-/m0/s1. The fourth-order valence-corrected chi connectivity index (χ4v) is 2.96. The highest BCUT2D eigenvalue weighted by atomic mass is 32.1. The van der Waals surface area contributed by atoms with Gasteiger partial charge in [-0.05, 0) is 35.1 Å². The fraction of sp³-hybridized carbons (Fsp3) is 0.333. The number of carbonyl (C=O) groups is 2. The van der Waals surface area contributed by atoms with Crippen molar-refractivity contribution >= 4 is 23.2 Å². The van der Waals surface area contributed by atoms with E-state index in [-0.39, 0.29) is 30.3 Å². The van der Waals surface area contributed by atoms with Gasteiger partial charge in [0.1, 0.15) is 5.75 Å². The van der Waals surface area contributed by atoms with Crippen LogP contribution in [0, 0.1) is 5.92 Å². The van der Waals surface area contributed by atoms with Gasteiger partial charge in [-0.3, -0.25) is 9.59 Å². The third kappa shape index (κ3) is 4.83. The molecule has 0 aliphatic heterocycles. The van der Waals surface area contributed by atoms with Crippen LogP contribution >= 0.6 is 11.3 Å². The molecule has 24 heavy (non-hydrogen) atoms. The molecule has 1 aromatic carbocycles. The van der Waals surface area contributed by atoms with Gasteiger partial charge in [0.05, 0.1) is 19.7 Å². The molecule has 128 valence electrons. The largest absolute Gasteiger partial charge is 0.497 e. The second kappa shape index (κ2) is 8.49. The van der Waals surface area contributed by atoms with Crippen molar-refractivity contribution in [1.29, 1.82) is 0 Å². The molecule has 0 aliphatic rings. The van der Waals surface area contributed by atoms with Gasteiger partial charge in [0.25, 0.3) is 5.91 Å². The van der Waals surface area contributed by atoms with Gasteiger partial charge in [-0.25, -0.2) is 0 Å². The number of amides is 2. The maximum absolute atomic E-state index is 12.2. The first-order chi connectivity index (χ1) is 11.5. The molecule has 0 aliphatic carbocycles. The quantitative estimate of drug-likeness (QED) is 0.810. The molecule has 2 aromatic rings. The summed E-state index contributed by atoms with van der Waals surface area (Å²) in [4.78, 5) is 24.1. The third-order valence-electron chi connectivity index (χ3n) is 3.65. The van der Waals surface area contributed by atoms with Crippen LogP contribution in [0.15, 0.2) is 41.1 Å². The van der Waals surface area contributed by atoms with Gasteiger partial charge in [0.2, 0.25) is 5.91 Å². The zero-order valence-electron chi connectivity index (χ0n) is 14.0. The Hall–Kier alpha value is -2.34. The fourth-order valence-electron chi connectivity index (χ4n) is 2.33. The van der Waals surface area contributed by atoms with Crippen molar-refractivity contribution < 1.29 is 14.3 Å². The lowest BCUT2D eigenvalue weighted by Crippen LogP contribution is -2.40. The Bertz CT molecular complexity index is 666. The van der Waals surface area contributed by atoms with E-state index < -0.39 is 0 Å². The maximum atomic E-state index is 12.2. The summed E-state index contributed by atoms with van der Waals surface area (Å²) in [5.41, 5.74) is 1.58. The van der Waals surface area contributed by atoms with Crippen LogP contribution in [0.4, 0.5) is 0 Å². The molecule has 1 atom stereocenters. The van der Waals surface area contributed by atoms with E-state index in [0.717, 1.165) is 11.3 Å². The van der Waals surface area contributed by atoms with Gasteiger partial charge in [0.15, 0.2) is 0 Å². The lowest BCUT2D eigenvalue weighted by Gasteiger charge is -2.23. The van der Waals surface area contributed by atoms with E-state index >= 15 is 0 Å². The highest BCUT2D eigenvalue weighted by Crippen LogP contribution is 2.23. The number of hydrogen-bond acceptors (Lipinski definition) is 4. The Morgan fingerprint density at radius 2 is 1.88 bits per heavy atom. The topological polar surface area (TPSA) is 67.4 Å². The van der Waals surface area contributed by atoms with Crippen LogP contribution in [0.25, 0.3) is 0 Å². The van der Waals surface area contributed by atoms with Crippen molar-refractivity contribution in [1.82, 2.24) is 10.6 Å². The van der Waals surface area contributed by atoms with Crippen molar-refractivity contribution in [2.24, 2.45) is 5.92 Å². The Balaban J connectivity index is 1.94. The van der Waals surface area contributed by atoms with Gasteiger partial charge in [0, 0.05) is 10.9 Å². The lowest BCUT2D eigenvalue weighted by atomic mass is 9.96. The van der Waals surface area contributed by atoms with Crippen LogP contribution in [0.5, 0.6) is 5.75 Å². The van der Waals surface area contributed by atoms with Crippen LogP contribution in [-0.4, -0.2) is 25.5 Å². The number of hydrogen-bond donors (Lipinski definition) is 2. The van der Waals surface area contributed by atoms with Crippen molar-refractivity contribution in [3.05, 3.63) is 52.2 Å². The Morgan fingerprint density at radius 1 is 1.17 bits per heavy atom. The molecule has 0 saturated carbocycles. The lowest BCUT2D eigenvalue weighted by molar-refractivity contribution is -0.121. The highest BCUT2D eigenvalue weighted by molar-refractivity contribution is 7.08. The van der Waals surface area contributed by atoms with E-state index in [9.17, 15) is 9.59 Å². The summed E-state index contributed by atoms with van der Waals surface area (Å²) in [5.74, 6) is 0.538. The summed E-state index contributed by atoms with van der Waals surface area (Å²) >= 11 is 1.45. The molecule has 6 heteroatoms. The van der Waals surface area contributed by atoms with Gasteiger partial charge in [-0.1, -0.05) is 26.0 Å². The molecule has 0 bridgehead atoms. The van der Waals surface area contributed by atoms with Crippen molar-refractivity contribution in [3.8, 4) is 5.75 Å². The van der Waals surface area contributed by atoms with E-state index in [4.69, 9.17) is 4.74 Å². The van der Waals surface area contributed by atoms with E-state index in [2.05, 4.69) is 10.6 Å². The Labute approximate surface area is 146 Å². The second-order valence-electron chi connectivity index (χ2n) is 5.76. The third-order valence-corrected chi connectivity index (χ3v) is 4.33. The van der Waals surface area contributed by atoms with Crippen molar-refractivity contribution in [2.45, 2.75) is 19.9 Å². The summed E-state index contributed by atoms with van der Waals surface area (Å²) in [6.45, 7) is 4.03. The normalized spacial score (nSPS) is 11.8. The first kappa shape index (κ1) is 18.0. The highest BCUT2D eigenvalue weighted by Gasteiger charge is 2.19. The zero-order valence-corrected chi connectivity index (χ0v) is 14.9. The van der Waals surface area contributed by atoms with Gasteiger partial charge >= 0.3 is 0 Å². The predicted molar refractivity (Wildman–Crippen MR) is 95.4 cm³/mol. The van der Waals surface area contributed by atoms with E-state index in [1.807, 2.05) is 43.5 Å².